The molecule has 0 aromatic carbocycles. The van der Waals surface area contributed by atoms with Crippen molar-refractivity contribution < 1.29 is 23.5 Å². The van der Waals surface area contributed by atoms with Gasteiger partial charge in [-0.3, -0.25) is 19.4 Å². The van der Waals surface area contributed by atoms with Crippen LogP contribution in [0.25, 0.3) is 11.0 Å². The van der Waals surface area contributed by atoms with Crippen LogP contribution in [0.2, 0.25) is 0 Å². The minimum Gasteiger partial charge on any atom is -0.453 e. The number of pyridine rings is 2. The number of rotatable bonds is 11. The van der Waals surface area contributed by atoms with Crippen molar-refractivity contribution in [2.45, 2.75) is 51.1 Å². The van der Waals surface area contributed by atoms with Crippen LogP contribution in [0.4, 0.5) is 14.9 Å². The second-order valence-electron chi connectivity index (χ2n) is 10.4. The van der Waals surface area contributed by atoms with Crippen molar-refractivity contribution in [3.63, 3.8) is 0 Å². The summed E-state index contributed by atoms with van der Waals surface area (Å²) in [5.74, 6) is -0.681. The Kier molecular flexibility index (Phi) is 9.53. The van der Waals surface area contributed by atoms with E-state index in [1.165, 1.54) is 41.3 Å². The number of aromatic nitrogens is 3. The summed E-state index contributed by atoms with van der Waals surface area (Å²) in [7, 11) is 4.42. The van der Waals surface area contributed by atoms with E-state index < -0.39 is 23.6 Å². The molecule has 218 valence electrons. The number of hydrogen-bond donors (Lipinski definition) is 3. The molecule has 4 rings (SSSR count). The molecule has 3 amide bonds. The highest BCUT2D eigenvalue weighted by atomic mass is 19.1. The molecule has 0 aliphatic heterocycles. The number of allylic oxidation sites excluding steroid dienone is 1. The predicted molar refractivity (Wildman–Crippen MR) is 152 cm³/mol. The molecular formula is C29H35FN6O5. The normalized spacial score (nSPS) is 14.0. The summed E-state index contributed by atoms with van der Waals surface area (Å²) in [6.07, 6.45) is 9.50. The molecule has 3 heterocycles. The summed E-state index contributed by atoms with van der Waals surface area (Å²) in [5, 5.41) is 5.06. The number of halogens is 1. The second kappa shape index (κ2) is 13.2. The van der Waals surface area contributed by atoms with Crippen LogP contribution in [-0.2, 0) is 27.3 Å². The molecule has 0 radical (unpaired) electrons. The number of likely N-dealkylation sites (N-methyl/N-ethyl adjacent to an activating group) is 1. The molecule has 12 heteroatoms. The van der Waals surface area contributed by atoms with Crippen molar-refractivity contribution in [1.82, 2.24) is 24.8 Å². The minimum atomic E-state index is -1.02. The summed E-state index contributed by atoms with van der Waals surface area (Å²) >= 11 is 0. The van der Waals surface area contributed by atoms with Crippen LogP contribution in [0.5, 0.6) is 0 Å². The molecule has 0 spiro atoms. The number of ether oxygens (including phenoxy) is 1. The van der Waals surface area contributed by atoms with E-state index in [2.05, 4.69) is 25.3 Å². The number of carbonyl (C=O) groups excluding carboxylic acids is 3. The van der Waals surface area contributed by atoms with Gasteiger partial charge in [-0.05, 0) is 49.5 Å². The smallest absolute Gasteiger partial charge is 0.407 e. The van der Waals surface area contributed by atoms with Crippen molar-refractivity contribution in [1.29, 1.82) is 0 Å². The highest BCUT2D eigenvalue weighted by Gasteiger charge is 2.23. The summed E-state index contributed by atoms with van der Waals surface area (Å²) in [4.78, 5) is 58.7. The van der Waals surface area contributed by atoms with Crippen LogP contribution in [0, 0.1) is 11.7 Å². The topological polar surface area (TPSA) is 138 Å². The number of nitrogens with one attached hydrogen (secondary N) is 3. The number of H-pyrrole nitrogens is 1. The third-order valence-corrected chi connectivity index (χ3v) is 7.21. The fraction of sp³-hybridized carbons (Fsp3) is 0.414. The Morgan fingerprint density at radius 2 is 2.10 bits per heavy atom. The third-order valence-electron chi connectivity index (χ3n) is 7.21. The molecule has 1 unspecified atom stereocenters. The Morgan fingerprint density at radius 1 is 1.32 bits per heavy atom. The first kappa shape index (κ1) is 29.5. The van der Waals surface area contributed by atoms with Crippen molar-refractivity contribution in [2.24, 2.45) is 5.92 Å². The minimum absolute atomic E-state index is 0.0263. The standard InChI is InChI=1S/C29H35FN6O5/c1-35(2)25(37)12-5-4-10-22(34-29(40)41-3)27(38)33-23-11-7-13-36(28(23)39)17-19-15-24-26(32-19)20(21(30)16-31-24)14-18-8-6-9-18/h5,7,11-13,15-16,18,22,32H,4,6,8-10,14,17H2,1-3H3,(H,33,38)(H,34,40). The lowest BCUT2D eigenvalue weighted by Crippen LogP contribution is -2.44. The number of alkyl carbamates (subject to hydrolysis) is 1. The molecule has 1 aliphatic rings. The molecule has 3 aromatic rings. The van der Waals surface area contributed by atoms with Gasteiger partial charge in [-0.2, -0.15) is 0 Å². The van der Waals surface area contributed by atoms with Gasteiger partial charge in [-0.1, -0.05) is 25.3 Å². The van der Waals surface area contributed by atoms with E-state index in [0.717, 1.165) is 12.8 Å². The highest BCUT2D eigenvalue weighted by Crippen LogP contribution is 2.32. The monoisotopic (exact) mass is 566 g/mol. The van der Waals surface area contributed by atoms with Gasteiger partial charge in [0.15, 0.2) is 0 Å². The molecule has 0 bridgehead atoms. The number of nitrogens with zero attached hydrogens (tertiary/aromatic N) is 3. The predicted octanol–water partition coefficient (Wildman–Crippen LogP) is 3.34. The van der Waals surface area contributed by atoms with Gasteiger partial charge >= 0.3 is 6.09 Å². The Labute approximate surface area is 236 Å². The maximum atomic E-state index is 14.6. The maximum Gasteiger partial charge on any atom is 0.407 e. The van der Waals surface area contributed by atoms with Gasteiger partial charge in [0.2, 0.25) is 11.8 Å². The molecule has 1 aliphatic carbocycles. The van der Waals surface area contributed by atoms with Gasteiger partial charge in [0.1, 0.15) is 17.5 Å². The largest absolute Gasteiger partial charge is 0.453 e. The number of carbonyl (C=O) groups is 3. The number of hydrogen-bond acceptors (Lipinski definition) is 6. The quantitative estimate of drug-likeness (QED) is 0.305. The van der Waals surface area contributed by atoms with Crippen LogP contribution in [0.1, 0.15) is 43.4 Å². The van der Waals surface area contributed by atoms with Gasteiger partial charge in [-0.25, -0.2) is 9.18 Å². The van der Waals surface area contributed by atoms with Gasteiger partial charge in [0, 0.05) is 31.5 Å². The van der Waals surface area contributed by atoms with Crippen LogP contribution < -0.4 is 16.2 Å². The van der Waals surface area contributed by atoms with Gasteiger partial charge < -0.3 is 29.8 Å². The van der Waals surface area contributed by atoms with Crippen molar-refractivity contribution in [3.8, 4) is 0 Å². The lowest BCUT2D eigenvalue weighted by atomic mass is 9.81. The molecule has 0 saturated heterocycles. The molecular weight excluding hydrogens is 531 g/mol. The molecule has 3 aromatic heterocycles. The number of amides is 3. The number of aromatic amines is 1. The second-order valence-corrected chi connectivity index (χ2v) is 10.4. The zero-order valence-electron chi connectivity index (χ0n) is 23.4. The molecule has 11 nitrogen and oxygen atoms in total. The van der Waals surface area contributed by atoms with Crippen molar-refractivity contribution >= 4 is 34.6 Å². The van der Waals surface area contributed by atoms with E-state index in [0.29, 0.717) is 41.1 Å². The van der Waals surface area contributed by atoms with E-state index in [9.17, 15) is 23.6 Å². The van der Waals surface area contributed by atoms with Crippen LogP contribution >= 0.6 is 0 Å². The SMILES string of the molecule is COC(=O)NC(CCC=CC(=O)N(C)C)C(=O)Nc1cccn(Cc2cc3ncc(F)c(CC4CCC4)c3[nH]2)c1=O. The van der Waals surface area contributed by atoms with Gasteiger partial charge in [0.25, 0.3) is 5.56 Å². The molecule has 1 fully saturated rings. The molecule has 41 heavy (non-hydrogen) atoms. The fourth-order valence-electron chi connectivity index (χ4n) is 4.65. The maximum absolute atomic E-state index is 14.6. The highest BCUT2D eigenvalue weighted by molar-refractivity contribution is 5.96. The Hall–Kier alpha value is -4.48. The molecule has 1 saturated carbocycles. The average molecular weight is 567 g/mol. The first-order chi connectivity index (χ1) is 19.7. The number of methoxy groups -OCH3 is 1. The zero-order chi connectivity index (χ0) is 29.5. The zero-order valence-corrected chi connectivity index (χ0v) is 23.4. The van der Waals surface area contributed by atoms with Gasteiger partial charge in [0.05, 0.1) is 30.9 Å². The Bertz CT molecular complexity index is 1510. The summed E-state index contributed by atoms with van der Waals surface area (Å²) in [5.41, 5.74) is 2.13. The third kappa shape index (κ3) is 7.38. The fourth-order valence-corrected chi connectivity index (χ4v) is 4.65. The van der Waals surface area contributed by atoms with E-state index in [-0.39, 0.29) is 30.4 Å². The van der Waals surface area contributed by atoms with Gasteiger partial charge in [-0.15, -0.1) is 0 Å². The van der Waals surface area contributed by atoms with Crippen LogP contribution in [0.15, 0.2) is 47.5 Å². The van der Waals surface area contributed by atoms with E-state index >= 15 is 0 Å². The van der Waals surface area contributed by atoms with E-state index in [1.807, 2.05) is 0 Å². The lowest BCUT2D eigenvalue weighted by Gasteiger charge is -2.25. The first-order valence-corrected chi connectivity index (χ1v) is 13.5. The lowest BCUT2D eigenvalue weighted by molar-refractivity contribution is -0.123. The summed E-state index contributed by atoms with van der Waals surface area (Å²) in [6, 6.07) is 3.87. The average Bonchev–Trinajstić information content (AvgIpc) is 3.33. The first-order valence-electron chi connectivity index (χ1n) is 13.5. The molecule has 1 atom stereocenters. The number of fused-ring (bicyclic) bond motifs is 1. The van der Waals surface area contributed by atoms with E-state index in [4.69, 9.17) is 0 Å². The molecule has 3 N–H and O–H groups in total. The Balaban J connectivity index is 1.48. The van der Waals surface area contributed by atoms with Crippen LogP contribution in [0.3, 0.4) is 0 Å². The van der Waals surface area contributed by atoms with Crippen LogP contribution in [-0.4, -0.2) is 64.6 Å². The van der Waals surface area contributed by atoms with Crippen molar-refractivity contribution in [3.05, 3.63) is 70.2 Å². The van der Waals surface area contributed by atoms with E-state index in [1.54, 1.807) is 38.5 Å². The van der Waals surface area contributed by atoms with Crippen molar-refractivity contribution in [2.75, 3.05) is 26.5 Å². The Morgan fingerprint density at radius 3 is 2.78 bits per heavy atom. The summed E-state index contributed by atoms with van der Waals surface area (Å²) in [6.45, 7) is 0.151. The summed E-state index contributed by atoms with van der Waals surface area (Å²) < 4.78 is 20.7. The number of anilines is 1.